The number of nitrogens with zero attached hydrogens (tertiary/aromatic N) is 2. The highest BCUT2D eigenvalue weighted by Gasteiger charge is 2.34. The average molecular weight is 594 g/mol. The van der Waals surface area contributed by atoms with Crippen LogP contribution in [0.2, 0.25) is 0 Å². The number of sulfonamides is 1. The van der Waals surface area contributed by atoms with E-state index in [0.717, 1.165) is 47.5 Å². The summed E-state index contributed by atoms with van der Waals surface area (Å²) in [6.45, 7) is 6.36. The smallest absolute Gasteiger partial charge is 0.264 e. The van der Waals surface area contributed by atoms with E-state index in [1.54, 1.807) is 50.2 Å². The predicted octanol–water partition coefficient (Wildman–Crippen LogP) is 5.81. The molecule has 0 unspecified atom stereocenters. The van der Waals surface area contributed by atoms with Crippen molar-refractivity contribution in [1.82, 2.24) is 10.2 Å². The van der Waals surface area contributed by atoms with Crippen LogP contribution in [0.3, 0.4) is 0 Å². The minimum Gasteiger partial charge on any atom is -0.352 e. The normalized spacial score (nSPS) is 14.7. The van der Waals surface area contributed by atoms with Gasteiger partial charge in [-0.05, 0) is 75.9 Å². The number of aryl methyl sites for hydroxylation is 3. The molecular formula is C33H40FN3O4S. The van der Waals surface area contributed by atoms with Crippen LogP contribution >= 0.6 is 0 Å². The Hall–Kier alpha value is -3.72. The van der Waals surface area contributed by atoms with Gasteiger partial charge in [-0.2, -0.15) is 0 Å². The van der Waals surface area contributed by atoms with Crippen molar-refractivity contribution in [1.29, 1.82) is 0 Å². The fourth-order valence-corrected chi connectivity index (χ4v) is 6.77. The number of hydrogen-bond acceptors (Lipinski definition) is 4. The zero-order valence-electron chi connectivity index (χ0n) is 24.8. The van der Waals surface area contributed by atoms with Crippen LogP contribution in [0, 0.1) is 26.6 Å². The maximum Gasteiger partial charge on any atom is 0.264 e. The maximum atomic E-state index is 14.8. The van der Waals surface area contributed by atoms with E-state index in [1.165, 1.54) is 23.1 Å². The third-order valence-electron chi connectivity index (χ3n) is 7.94. The Balaban J connectivity index is 1.72. The van der Waals surface area contributed by atoms with E-state index in [-0.39, 0.29) is 29.0 Å². The van der Waals surface area contributed by atoms with Gasteiger partial charge in [-0.3, -0.25) is 13.9 Å². The Morgan fingerprint density at radius 2 is 1.57 bits per heavy atom. The van der Waals surface area contributed by atoms with Crippen molar-refractivity contribution < 1.29 is 22.4 Å². The van der Waals surface area contributed by atoms with Gasteiger partial charge in [0.15, 0.2) is 0 Å². The van der Waals surface area contributed by atoms with Gasteiger partial charge in [0.05, 0.1) is 10.6 Å². The first kappa shape index (κ1) is 31.2. The Kier molecular flexibility index (Phi) is 10.0. The molecule has 1 atom stereocenters. The molecule has 0 heterocycles. The second kappa shape index (κ2) is 13.5. The molecule has 3 aromatic carbocycles. The number of amides is 2. The van der Waals surface area contributed by atoms with E-state index >= 15 is 0 Å². The lowest BCUT2D eigenvalue weighted by atomic mass is 9.95. The van der Waals surface area contributed by atoms with Crippen molar-refractivity contribution in [3.8, 4) is 0 Å². The van der Waals surface area contributed by atoms with Gasteiger partial charge in [0, 0.05) is 18.2 Å². The number of anilines is 1. The zero-order valence-corrected chi connectivity index (χ0v) is 25.6. The molecule has 1 fully saturated rings. The molecule has 4 rings (SSSR count). The molecule has 0 aromatic heterocycles. The van der Waals surface area contributed by atoms with Crippen LogP contribution in [0.25, 0.3) is 0 Å². The van der Waals surface area contributed by atoms with Crippen LogP contribution in [0.15, 0.2) is 71.6 Å². The molecule has 0 radical (unpaired) electrons. The summed E-state index contributed by atoms with van der Waals surface area (Å²) in [4.78, 5) is 28.9. The van der Waals surface area contributed by atoms with Crippen LogP contribution < -0.4 is 9.62 Å². The van der Waals surface area contributed by atoms with E-state index in [9.17, 15) is 22.4 Å². The number of benzene rings is 3. The molecule has 42 heavy (non-hydrogen) atoms. The number of rotatable bonds is 10. The molecule has 0 saturated heterocycles. The van der Waals surface area contributed by atoms with E-state index in [4.69, 9.17) is 0 Å². The summed E-state index contributed by atoms with van der Waals surface area (Å²) < 4.78 is 44.0. The number of carbonyl (C=O) groups is 2. The SMILES string of the molecule is Cc1ccc(S(=O)(=O)N(CC(=O)N(Cc2ccccc2F)[C@H](C)C(=O)NC2CCCCC2)c2cc(C)ccc2C)cc1. The zero-order chi connectivity index (χ0) is 30.4. The monoisotopic (exact) mass is 593 g/mol. The van der Waals surface area contributed by atoms with Gasteiger partial charge in [-0.1, -0.05) is 67.3 Å². The molecule has 0 spiro atoms. The highest BCUT2D eigenvalue weighted by Crippen LogP contribution is 2.29. The maximum absolute atomic E-state index is 14.8. The second-order valence-electron chi connectivity index (χ2n) is 11.2. The fraction of sp³-hybridized carbons (Fsp3) is 0.394. The van der Waals surface area contributed by atoms with Crippen molar-refractivity contribution in [2.45, 2.75) is 83.3 Å². The third kappa shape index (κ3) is 7.37. The molecule has 1 saturated carbocycles. The van der Waals surface area contributed by atoms with Crippen molar-refractivity contribution in [2.75, 3.05) is 10.8 Å². The van der Waals surface area contributed by atoms with Crippen molar-refractivity contribution in [3.05, 3.63) is 94.8 Å². The molecule has 3 aromatic rings. The standard InChI is InChI=1S/C33H40FN3O4S/c1-23-15-18-29(19-16-23)42(40,41)37(31-20-24(2)14-17-25(31)3)22-32(38)36(21-27-10-8-9-13-30(27)34)26(4)33(39)35-28-11-6-5-7-12-28/h8-10,13-20,26,28H,5-7,11-12,21-22H2,1-4H3,(H,35,39)/t26-/m1/s1. The summed E-state index contributed by atoms with van der Waals surface area (Å²) in [6.07, 6.45) is 4.92. The minimum absolute atomic E-state index is 0.0208. The Morgan fingerprint density at radius 1 is 0.929 bits per heavy atom. The number of hydrogen-bond donors (Lipinski definition) is 1. The van der Waals surface area contributed by atoms with Gasteiger partial charge in [-0.15, -0.1) is 0 Å². The molecule has 0 aliphatic heterocycles. The highest BCUT2D eigenvalue weighted by molar-refractivity contribution is 7.92. The fourth-order valence-electron chi connectivity index (χ4n) is 5.30. The molecule has 9 heteroatoms. The Bertz CT molecular complexity index is 1520. The quantitative estimate of drug-likeness (QED) is 0.321. The lowest BCUT2D eigenvalue weighted by Gasteiger charge is -2.33. The van der Waals surface area contributed by atoms with E-state index in [0.29, 0.717) is 11.3 Å². The van der Waals surface area contributed by atoms with Gasteiger partial charge in [0.25, 0.3) is 10.0 Å². The molecule has 1 aliphatic carbocycles. The highest BCUT2D eigenvalue weighted by atomic mass is 32.2. The molecule has 224 valence electrons. The van der Waals surface area contributed by atoms with E-state index < -0.39 is 34.3 Å². The van der Waals surface area contributed by atoms with Crippen LogP contribution in [-0.2, 0) is 26.2 Å². The third-order valence-corrected chi connectivity index (χ3v) is 9.71. The largest absolute Gasteiger partial charge is 0.352 e. The first-order chi connectivity index (χ1) is 20.0. The number of halogens is 1. The van der Waals surface area contributed by atoms with Gasteiger partial charge >= 0.3 is 0 Å². The predicted molar refractivity (Wildman–Crippen MR) is 163 cm³/mol. The van der Waals surface area contributed by atoms with E-state index in [2.05, 4.69) is 5.32 Å². The second-order valence-corrected chi connectivity index (χ2v) is 13.1. The topological polar surface area (TPSA) is 86.8 Å². The minimum atomic E-state index is -4.18. The Morgan fingerprint density at radius 3 is 2.24 bits per heavy atom. The average Bonchev–Trinajstić information content (AvgIpc) is 2.97. The Labute approximate surface area is 248 Å². The van der Waals surface area contributed by atoms with Crippen molar-refractivity contribution >= 4 is 27.5 Å². The van der Waals surface area contributed by atoms with E-state index in [1.807, 2.05) is 26.0 Å². The number of nitrogens with one attached hydrogen (secondary N) is 1. The van der Waals surface area contributed by atoms with Gasteiger partial charge < -0.3 is 10.2 Å². The molecule has 7 nitrogen and oxygen atoms in total. The van der Waals surface area contributed by atoms with Crippen LogP contribution in [0.4, 0.5) is 10.1 Å². The van der Waals surface area contributed by atoms with Gasteiger partial charge in [-0.25, -0.2) is 12.8 Å². The summed E-state index contributed by atoms with van der Waals surface area (Å²) in [6, 6.07) is 17.0. The van der Waals surface area contributed by atoms with Gasteiger partial charge in [0.2, 0.25) is 11.8 Å². The summed E-state index contributed by atoms with van der Waals surface area (Å²) >= 11 is 0. The van der Waals surface area contributed by atoms with Crippen molar-refractivity contribution in [3.63, 3.8) is 0 Å². The van der Waals surface area contributed by atoms with Gasteiger partial charge in [0.1, 0.15) is 18.4 Å². The molecule has 1 aliphatic rings. The summed E-state index contributed by atoms with van der Waals surface area (Å²) in [5, 5.41) is 3.06. The molecule has 2 amide bonds. The lowest BCUT2D eigenvalue weighted by Crippen LogP contribution is -2.53. The van der Waals surface area contributed by atoms with Crippen LogP contribution in [0.5, 0.6) is 0 Å². The summed E-state index contributed by atoms with van der Waals surface area (Å²) in [7, 11) is -4.18. The number of carbonyl (C=O) groups excluding carboxylic acids is 2. The first-order valence-corrected chi connectivity index (χ1v) is 15.9. The van der Waals surface area contributed by atoms with Crippen molar-refractivity contribution in [2.24, 2.45) is 0 Å². The van der Waals surface area contributed by atoms with Crippen LogP contribution in [0.1, 0.15) is 61.3 Å². The molecule has 1 N–H and O–H groups in total. The molecule has 0 bridgehead atoms. The first-order valence-electron chi connectivity index (χ1n) is 14.5. The summed E-state index contributed by atoms with van der Waals surface area (Å²) in [5.74, 6) is -1.46. The van der Waals surface area contributed by atoms with Crippen LogP contribution in [-0.4, -0.2) is 43.8 Å². The summed E-state index contributed by atoms with van der Waals surface area (Å²) in [5.41, 5.74) is 3.01. The molecular weight excluding hydrogens is 553 g/mol. The lowest BCUT2D eigenvalue weighted by molar-refractivity contribution is -0.139.